The maximum absolute atomic E-state index is 13.0. The number of nitrogens with zero attached hydrogens (tertiary/aromatic N) is 1. The Morgan fingerprint density at radius 2 is 1.77 bits per heavy atom. The van der Waals surface area contributed by atoms with Crippen LogP contribution in [0.25, 0.3) is 5.76 Å². The summed E-state index contributed by atoms with van der Waals surface area (Å²) in [5.74, 6) is -0.753. The molecule has 2 aliphatic rings. The Morgan fingerprint density at radius 1 is 1.10 bits per heavy atom. The highest BCUT2D eigenvalue weighted by Gasteiger charge is 2.46. The van der Waals surface area contributed by atoms with Gasteiger partial charge in [-0.2, -0.15) is 0 Å². The highest BCUT2D eigenvalue weighted by molar-refractivity contribution is 6.46. The van der Waals surface area contributed by atoms with Crippen molar-refractivity contribution in [2.24, 2.45) is 0 Å². The minimum absolute atomic E-state index is 0.123. The van der Waals surface area contributed by atoms with Crippen LogP contribution in [-0.4, -0.2) is 68.2 Å². The van der Waals surface area contributed by atoms with Gasteiger partial charge >= 0.3 is 0 Å². The second-order valence-corrected chi connectivity index (χ2v) is 7.74. The monoisotopic (exact) mass is 423 g/mol. The molecule has 2 saturated heterocycles. The molecule has 162 valence electrons. The molecule has 7 heteroatoms. The molecular formula is C24H27N2O5+. The summed E-state index contributed by atoms with van der Waals surface area (Å²) in [5, 5.41) is 11.1. The van der Waals surface area contributed by atoms with Crippen molar-refractivity contribution < 1.29 is 29.1 Å². The Labute approximate surface area is 181 Å². The summed E-state index contributed by atoms with van der Waals surface area (Å²) in [5.41, 5.74) is 1.39. The Bertz CT molecular complexity index is 965. The van der Waals surface area contributed by atoms with Crippen molar-refractivity contribution in [3.63, 3.8) is 0 Å². The Morgan fingerprint density at radius 3 is 2.42 bits per heavy atom. The molecule has 2 N–H and O–H groups in total. The predicted octanol–water partition coefficient (Wildman–Crippen LogP) is 1.03. The zero-order valence-corrected chi connectivity index (χ0v) is 17.5. The maximum atomic E-state index is 13.0. The second kappa shape index (κ2) is 9.32. The van der Waals surface area contributed by atoms with Crippen molar-refractivity contribution in [3.8, 4) is 5.75 Å². The normalized spacial score (nSPS) is 21.5. The molecular weight excluding hydrogens is 396 g/mol. The molecule has 1 atom stereocenters. The zero-order chi connectivity index (χ0) is 21.8. The molecule has 0 saturated carbocycles. The van der Waals surface area contributed by atoms with E-state index in [2.05, 4.69) is 0 Å². The summed E-state index contributed by atoms with van der Waals surface area (Å²) in [4.78, 5) is 28.9. The molecule has 0 bridgehead atoms. The van der Waals surface area contributed by atoms with Crippen molar-refractivity contribution in [1.29, 1.82) is 0 Å². The molecule has 2 aromatic carbocycles. The Balaban J connectivity index is 1.70. The molecule has 2 aliphatic heterocycles. The Kier molecular flexibility index (Phi) is 6.34. The average Bonchev–Trinajstić information content (AvgIpc) is 3.08. The van der Waals surface area contributed by atoms with Gasteiger partial charge in [0.25, 0.3) is 11.7 Å². The van der Waals surface area contributed by atoms with Crippen molar-refractivity contribution in [2.45, 2.75) is 6.04 Å². The van der Waals surface area contributed by atoms with Crippen molar-refractivity contribution >= 4 is 17.4 Å². The van der Waals surface area contributed by atoms with Crippen molar-refractivity contribution in [1.82, 2.24) is 4.90 Å². The number of morpholine rings is 1. The molecule has 4 rings (SSSR count). The predicted molar refractivity (Wildman–Crippen MR) is 115 cm³/mol. The number of hydrogen-bond donors (Lipinski definition) is 2. The number of aliphatic hydroxyl groups excluding tert-OH is 1. The van der Waals surface area contributed by atoms with Crippen LogP contribution < -0.4 is 9.64 Å². The van der Waals surface area contributed by atoms with E-state index in [1.54, 1.807) is 36.3 Å². The van der Waals surface area contributed by atoms with Crippen molar-refractivity contribution in [3.05, 3.63) is 71.3 Å². The first kappa shape index (κ1) is 21.1. The molecule has 31 heavy (non-hydrogen) atoms. The van der Waals surface area contributed by atoms with Gasteiger partial charge in [0, 0.05) is 5.56 Å². The van der Waals surface area contributed by atoms with Crippen LogP contribution in [0.2, 0.25) is 0 Å². The summed E-state index contributed by atoms with van der Waals surface area (Å²) >= 11 is 0. The van der Waals surface area contributed by atoms with Gasteiger partial charge < -0.3 is 24.4 Å². The number of likely N-dealkylation sites (tertiary alicyclic amines) is 1. The van der Waals surface area contributed by atoms with E-state index in [1.165, 1.54) is 4.90 Å². The molecule has 2 fully saturated rings. The van der Waals surface area contributed by atoms with Crippen LogP contribution in [0.5, 0.6) is 5.75 Å². The molecule has 0 spiro atoms. The lowest BCUT2D eigenvalue weighted by atomic mass is 9.95. The molecule has 0 unspecified atom stereocenters. The highest BCUT2D eigenvalue weighted by atomic mass is 16.5. The number of Topliss-reactive ketones (excluding diaryl/α,β-unsaturated/α-hetero) is 1. The smallest absolute Gasteiger partial charge is 0.295 e. The summed E-state index contributed by atoms with van der Waals surface area (Å²) in [7, 11) is 1.56. The van der Waals surface area contributed by atoms with E-state index in [-0.39, 0.29) is 11.3 Å². The van der Waals surface area contributed by atoms with Gasteiger partial charge in [-0.3, -0.25) is 9.59 Å². The quantitative estimate of drug-likeness (QED) is 0.412. The summed E-state index contributed by atoms with van der Waals surface area (Å²) in [6, 6.07) is 15.6. The molecule has 0 aliphatic carbocycles. The van der Waals surface area contributed by atoms with Gasteiger partial charge in [0.2, 0.25) is 0 Å². The lowest BCUT2D eigenvalue weighted by Crippen LogP contribution is -3.14. The number of aliphatic hydroxyl groups is 1. The summed E-state index contributed by atoms with van der Waals surface area (Å²) < 4.78 is 10.6. The third-order valence-electron chi connectivity index (χ3n) is 5.92. The number of hydrogen-bond acceptors (Lipinski definition) is 5. The number of rotatable bonds is 6. The molecule has 2 aromatic rings. The average molecular weight is 423 g/mol. The van der Waals surface area contributed by atoms with Crippen LogP contribution in [0.1, 0.15) is 17.2 Å². The van der Waals surface area contributed by atoms with Crippen LogP contribution in [-0.2, 0) is 14.3 Å². The van der Waals surface area contributed by atoms with Gasteiger partial charge in [-0.25, -0.2) is 0 Å². The van der Waals surface area contributed by atoms with Crippen LogP contribution in [0.4, 0.5) is 0 Å². The summed E-state index contributed by atoms with van der Waals surface area (Å²) in [6.07, 6.45) is 0. The van der Waals surface area contributed by atoms with Crippen LogP contribution >= 0.6 is 0 Å². The van der Waals surface area contributed by atoms with E-state index in [4.69, 9.17) is 9.47 Å². The number of ketones is 1. The fourth-order valence-corrected chi connectivity index (χ4v) is 4.19. The van der Waals surface area contributed by atoms with Gasteiger partial charge in [-0.15, -0.1) is 0 Å². The number of carbonyl (C=O) groups excluding carboxylic acids is 2. The second-order valence-electron chi connectivity index (χ2n) is 7.74. The number of quaternary nitrogens is 1. The third-order valence-corrected chi connectivity index (χ3v) is 5.92. The fraction of sp³-hybridized carbons (Fsp3) is 0.333. The minimum Gasteiger partial charge on any atom is -0.507 e. The molecule has 1 amide bonds. The number of carbonyl (C=O) groups is 2. The van der Waals surface area contributed by atoms with E-state index in [9.17, 15) is 14.7 Å². The van der Waals surface area contributed by atoms with Gasteiger partial charge in [0.05, 0.1) is 45.0 Å². The van der Waals surface area contributed by atoms with E-state index >= 15 is 0 Å². The van der Waals surface area contributed by atoms with Crippen LogP contribution in [0, 0.1) is 0 Å². The maximum Gasteiger partial charge on any atom is 0.295 e. The van der Waals surface area contributed by atoms with Crippen molar-refractivity contribution in [2.75, 3.05) is 46.5 Å². The number of amides is 1. The lowest BCUT2D eigenvalue weighted by molar-refractivity contribution is -0.907. The van der Waals surface area contributed by atoms with Gasteiger partial charge in [-0.1, -0.05) is 30.3 Å². The van der Waals surface area contributed by atoms with E-state index < -0.39 is 17.7 Å². The van der Waals surface area contributed by atoms with E-state index in [0.29, 0.717) is 31.1 Å². The number of nitrogens with one attached hydrogen (secondary N) is 1. The number of benzene rings is 2. The van der Waals surface area contributed by atoms with Gasteiger partial charge in [-0.05, 0) is 29.8 Å². The Hall–Kier alpha value is -3.16. The zero-order valence-electron chi connectivity index (χ0n) is 17.5. The third kappa shape index (κ3) is 4.33. The minimum atomic E-state index is -0.654. The first-order chi connectivity index (χ1) is 15.1. The SMILES string of the molecule is COc1ccc(C(O)=C2C(=O)C(=O)N(CC[NH+]3CCOCC3)[C@H]2c2ccccc2)cc1. The topological polar surface area (TPSA) is 80.5 Å². The van der Waals surface area contributed by atoms with Crippen LogP contribution in [0.15, 0.2) is 60.2 Å². The first-order valence-corrected chi connectivity index (χ1v) is 10.5. The largest absolute Gasteiger partial charge is 0.507 e. The molecule has 2 heterocycles. The summed E-state index contributed by atoms with van der Waals surface area (Å²) in [6.45, 7) is 4.32. The first-order valence-electron chi connectivity index (χ1n) is 10.5. The molecule has 0 radical (unpaired) electrons. The number of ether oxygens (including phenoxy) is 2. The standard InChI is InChI=1S/C24H26N2O5/c1-30-19-9-7-18(8-10-19)22(27)20-21(17-5-3-2-4-6-17)26(24(29)23(20)28)12-11-25-13-15-31-16-14-25/h2-10,21,27H,11-16H2,1H3/p+1/t21-/m0/s1. The lowest BCUT2D eigenvalue weighted by Gasteiger charge is -2.29. The van der Waals surface area contributed by atoms with Crippen LogP contribution in [0.3, 0.4) is 0 Å². The highest BCUT2D eigenvalue weighted by Crippen LogP contribution is 2.39. The number of methoxy groups -OCH3 is 1. The van der Waals surface area contributed by atoms with Gasteiger partial charge in [0.1, 0.15) is 24.6 Å². The van der Waals surface area contributed by atoms with E-state index in [1.807, 2.05) is 30.3 Å². The fourth-order valence-electron chi connectivity index (χ4n) is 4.19. The molecule has 7 nitrogen and oxygen atoms in total. The van der Waals surface area contributed by atoms with Gasteiger partial charge in [0.15, 0.2) is 0 Å². The molecule has 0 aromatic heterocycles. The van der Waals surface area contributed by atoms with E-state index in [0.717, 1.165) is 25.2 Å².